The third kappa shape index (κ3) is 5.47. The molecule has 2 aromatic heterocycles. The highest BCUT2D eigenvalue weighted by Gasteiger charge is 2.19. The topological polar surface area (TPSA) is 101 Å². The van der Waals surface area contributed by atoms with Gasteiger partial charge < -0.3 is 9.64 Å². The average molecular weight is 438 g/mol. The Morgan fingerprint density at radius 3 is 2.65 bits per heavy atom. The highest BCUT2D eigenvalue weighted by Crippen LogP contribution is 2.20. The number of carbonyl (C=O) groups is 2. The van der Waals surface area contributed by atoms with Crippen molar-refractivity contribution >= 4 is 29.2 Å². The number of nitriles is 1. The number of rotatable bonds is 7. The number of carbonyl (C=O) groups excluding carboxylic acids is 2. The summed E-state index contributed by atoms with van der Waals surface area (Å²) in [6.07, 6.45) is 1.51. The quantitative estimate of drug-likeness (QED) is 0.523. The molecule has 3 rings (SSSR count). The molecule has 0 spiro atoms. The maximum absolute atomic E-state index is 12.6. The van der Waals surface area contributed by atoms with Crippen molar-refractivity contribution in [3.05, 3.63) is 70.6 Å². The smallest absolute Gasteiger partial charge is 0.340 e. The molecule has 1 aromatic carbocycles. The number of benzene rings is 1. The number of ether oxygens (including phenoxy) is 1. The van der Waals surface area contributed by atoms with Crippen molar-refractivity contribution in [1.29, 1.82) is 5.26 Å². The highest BCUT2D eigenvalue weighted by molar-refractivity contribution is 6.30. The number of nitrogens with zero attached hydrogens (tertiary/aromatic N) is 5. The first kappa shape index (κ1) is 22.0. The minimum absolute atomic E-state index is 0.129. The first-order chi connectivity index (χ1) is 14.9. The second kappa shape index (κ2) is 9.87. The Bertz CT molecular complexity index is 1130. The van der Waals surface area contributed by atoms with Crippen LogP contribution < -0.4 is 4.90 Å². The van der Waals surface area contributed by atoms with Gasteiger partial charge in [-0.25, -0.2) is 14.5 Å². The molecule has 0 aliphatic heterocycles. The van der Waals surface area contributed by atoms with Crippen LogP contribution in [0.25, 0.3) is 5.82 Å². The van der Waals surface area contributed by atoms with Crippen LogP contribution in [-0.4, -0.2) is 39.8 Å². The van der Waals surface area contributed by atoms with Crippen molar-refractivity contribution in [3.63, 3.8) is 0 Å². The molecule has 3 aromatic rings. The van der Waals surface area contributed by atoms with E-state index in [0.29, 0.717) is 16.5 Å². The van der Waals surface area contributed by atoms with Gasteiger partial charge in [0.2, 0.25) is 0 Å². The van der Waals surface area contributed by atoms with Crippen LogP contribution in [0.3, 0.4) is 0 Å². The van der Waals surface area contributed by atoms with Crippen LogP contribution >= 0.6 is 11.6 Å². The van der Waals surface area contributed by atoms with Crippen LogP contribution in [0.4, 0.5) is 5.69 Å². The minimum atomic E-state index is -0.674. The van der Waals surface area contributed by atoms with E-state index in [1.54, 1.807) is 41.1 Å². The molecule has 0 radical (unpaired) electrons. The van der Waals surface area contributed by atoms with E-state index in [4.69, 9.17) is 21.6 Å². The molecule has 31 heavy (non-hydrogen) atoms. The molecule has 0 fully saturated rings. The van der Waals surface area contributed by atoms with Crippen LogP contribution in [0, 0.1) is 25.2 Å². The Balaban J connectivity index is 1.66. The average Bonchev–Trinajstić information content (AvgIpc) is 3.10. The van der Waals surface area contributed by atoms with Gasteiger partial charge >= 0.3 is 5.97 Å². The lowest BCUT2D eigenvalue weighted by Gasteiger charge is -2.21. The lowest BCUT2D eigenvalue weighted by molar-refractivity contribution is -0.121. The summed E-state index contributed by atoms with van der Waals surface area (Å²) in [6.45, 7) is 3.48. The number of hydrogen-bond donors (Lipinski definition) is 0. The van der Waals surface area contributed by atoms with E-state index in [9.17, 15) is 9.59 Å². The van der Waals surface area contributed by atoms with Crippen molar-refractivity contribution in [2.24, 2.45) is 0 Å². The monoisotopic (exact) mass is 437 g/mol. The summed E-state index contributed by atoms with van der Waals surface area (Å²) < 4.78 is 6.84. The third-order valence-electron chi connectivity index (χ3n) is 4.41. The zero-order valence-electron chi connectivity index (χ0n) is 17.1. The lowest BCUT2D eigenvalue weighted by atomic mass is 10.2. The zero-order chi connectivity index (χ0) is 22.4. The van der Waals surface area contributed by atoms with Gasteiger partial charge in [0.05, 0.1) is 23.7 Å². The highest BCUT2D eigenvalue weighted by atomic mass is 35.5. The van der Waals surface area contributed by atoms with Crippen LogP contribution in [0.5, 0.6) is 0 Å². The molecule has 0 saturated carbocycles. The molecule has 0 N–H and O–H groups in total. The number of hydrogen-bond acceptors (Lipinski definition) is 6. The fraction of sp³-hybridized carbons (Fsp3) is 0.227. The summed E-state index contributed by atoms with van der Waals surface area (Å²) in [5.41, 5.74) is 2.52. The van der Waals surface area contributed by atoms with Gasteiger partial charge in [-0.1, -0.05) is 17.7 Å². The molecule has 9 heteroatoms. The molecule has 8 nitrogen and oxygen atoms in total. The van der Waals surface area contributed by atoms with Gasteiger partial charge in [0.15, 0.2) is 12.4 Å². The van der Waals surface area contributed by atoms with Crippen LogP contribution in [0.1, 0.15) is 28.2 Å². The summed E-state index contributed by atoms with van der Waals surface area (Å²) >= 11 is 6.00. The SMILES string of the molecule is Cc1cc(C)n(-c2ccc(C(=O)OCC(=O)N(CCC#N)c3cccc(Cl)c3)cn2)n1. The van der Waals surface area contributed by atoms with E-state index in [1.165, 1.54) is 11.1 Å². The van der Waals surface area contributed by atoms with Gasteiger partial charge in [-0.3, -0.25) is 4.79 Å². The van der Waals surface area contributed by atoms with E-state index in [-0.39, 0.29) is 18.5 Å². The number of aromatic nitrogens is 3. The summed E-state index contributed by atoms with van der Waals surface area (Å²) in [4.78, 5) is 30.6. The van der Waals surface area contributed by atoms with E-state index in [1.807, 2.05) is 26.0 Å². The van der Waals surface area contributed by atoms with Crippen molar-refractivity contribution in [2.75, 3.05) is 18.1 Å². The molecule has 2 heterocycles. The number of anilines is 1. The third-order valence-corrected chi connectivity index (χ3v) is 4.64. The molecular formula is C22H20ClN5O3. The predicted molar refractivity (Wildman–Crippen MR) is 115 cm³/mol. The molecule has 0 aliphatic carbocycles. The number of aryl methyl sites for hydroxylation is 2. The Labute approximate surface area is 184 Å². The zero-order valence-corrected chi connectivity index (χ0v) is 17.8. The van der Waals surface area contributed by atoms with E-state index >= 15 is 0 Å². The van der Waals surface area contributed by atoms with Gasteiger partial charge in [0.25, 0.3) is 5.91 Å². The first-order valence-corrected chi connectivity index (χ1v) is 9.86. The first-order valence-electron chi connectivity index (χ1n) is 9.48. The molecule has 1 amide bonds. The molecular weight excluding hydrogens is 418 g/mol. The van der Waals surface area contributed by atoms with Crippen molar-refractivity contribution in [1.82, 2.24) is 14.8 Å². The Morgan fingerprint density at radius 1 is 1.23 bits per heavy atom. The molecule has 158 valence electrons. The largest absolute Gasteiger partial charge is 0.452 e. The van der Waals surface area contributed by atoms with Gasteiger partial charge in [0.1, 0.15) is 0 Å². The van der Waals surface area contributed by atoms with Gasteiger partial charge in [0, 0.05) is 29.1 Å². The van der Waals surface area contributed by atoms with Crippen LogP contribution in [0.15, 0.2) is 48.7 Å². The maximum atomic E-state index is 12.6. The van der Waals surface area contributed by atoms with Crippen LogP contribution in [-0.2, 0) is 9.53 Å². The lowest BCUT2D eigenvalue weighted by Crippen LogP contribution is -2.35. The fourth-order valence-electron chi connectivity index (χ4n) is 2.99. The van der Waals surface area contributed by atoms with Gasteiger partial charge in [-0.15, -0.1) is 0 Å². The van der Waals surface area contributed by atoms with Crippen LogP contribution in [0.2, 0.25) is 5.02 Å². The Hall–Kier alpha value is -3.70. The van der Waals surface area contributed by atoms with E-state index < -0.39 is 18.5 Å². The molecule has 0 unspecified atom stereocenters. The number of esters is 1. The molecule has 0 atom stereocenters. The minimum Gasteiger partial charge on any atom is -0.452 e. The summed E-state index contributed by atoms with van der Waals surface area (Å²) in [5, 5.41) is 13.7. The van der Waals surface area contributed by atoms with Gasteiger partial charge in [-0.2, -0.15) is 10.4 Å². The maximum Gasteiger partial charge on any atom is 0.340 e. The molecule has 0 bridgehead atoms. The number of pyridine rings is 1. The van der Waals surface area contributed by atoms with Crippen molar-refractivity contribution < 1.29 is 14.3 Å². The normalized spacial score (nSPS) is 10.4. The summed E-state index contributed by atoms with van der Waals surface area (Å²) in [5.74, 6) is -0.563. The van der Waals surface area contributed by atoms with Crippen molar-refractivity contribution in [2.45, 2.75) is 20.3 Å². The summed E-state index contributed by atoms with van der Waals surface area (Å²) in [6, 6.07) is 13.8. The molecule has 0 aliphatic rings. The van der Waals surface area contributed by atoms with Gasteiger partial charge in [-0.05, 0) is 50.2 Å². The standard InChI is InChI=1S/C22H20ClN5O3/c1-15-11-16(2)28(26-15)20-8-7-17(13-25-20)22(30)31-14-21(29)27(10-4-9-24)19-6-3-5-18(23)12-19/h3,5-8,11-13H,4,10,14H2,1-2H3. The van der Waals surface area contributed by atoms with E-state index in [0.717, 1.165) is 11.4 Å². The molecule has 0 saturated heterocycles. The Kier molecular flexibility index (Phi) is 7.00. The predicted octanol–water partition coefficient (Wildman–Crippen LogP) is 3.64. The van der Waals surface area contributed by atoms with E-state index in [2.05, 4.69) is 10.1 Å². The second-order valence-corrected chi connectivity index (χ2v) is 7.19. The second-order valence-electron chi connectivity index (χ2n) is 6.75. The number of halogens is 1. The summed E-state index contributed by atoms with van der Waals surface area (Å²) in [7, 11) is 0. The Morgan fingerprint density at radius 2 is 2.03 bits per heavy atom. The number of amides is 1. The van der Waals surface area contributed by atoms with Crippen molar-refractivity contribution in [3.8, 4) is 11.9 Å². The fourth-order valence-corrected chi connectivity index (χ4v) is 3.17.